The van der Waals surface area contributed by atoms with Crippen LogP contribution in [0.25, 0.3) is 6.08 Å². The molecule has 0 aliphatic carbocycles. The van der Waals surface area contributed by atoms with Crippen LogP contribution in [0.2, 0.25) is 0 Å². The van der Waals surface area contributed by atoms with Crippen molar-refractivity contribution >= 4 is 23.6 Å². The summed E-state index contributed by atoms with van der Waals surface area (Å²) in [6.45, 7) is 1.08. The Kier molecular flexibility index (Phi) is 8.06. The van der Waals surface area contributed by atoms with Crippen molar-refractivity contribution in [1.29, 1.82) is 0 Å². The minimum atomic E-state index is -0.333. The Balaban J connectivity index is 2.03. The van der Waals surface area contributed by atoms with Gasteiger partial charge in [0.15, 0.2) is 0 Å². The van der Waals surface area contributed by atoms with E-state index in [2.05, 4.69) is 10.6 Å². The predicted octanol–water partition coefficient (Wildman–Crippen LogP) is 3.11. The average Bonchev–Trinajstić information content (AvgIpc) is 2.70. The fourth-order valence-corrected chi connectivity index (χ4v) is 2.45. The van der Waals surface area contributed by atoms with E-state index in [-0.39, 0.29) is 11.8 Å². The molecule has 0 heterocycles. The van der Waals surface area contributed by atoms with E-state index in [0.717, 1.165) is 12.0 Å². The largest absolute Gasteiger partial charge is 0.496 e. The van der Waals surface area contributed by atoms with Crippen molar-refractivity contribution in [2.75, 3.05) is 32.7 Å². The maximum Gasteiger partial charge on any atom is 0.253 e. The molecule has 2 rings (SSSR count). The monoisotopic (exact) mass is 368 g/mol. The van der Waals surface area contributed by atoms with Crippen molar-refractivity contribution in [3.63, 3.8) is 0 Å². The van der Waals surface area contributed by atoms with Crippen molar-refractivity contribution in [3.05, 3.63) is 65.7 Å². The van der Waals surface area contributed by atoms with Gasteiger partial charge in [-0.3, -0.25) is 9.59 Å². The summed E-state index contributed by atoms with van der Waals surface area (Å²) in [6.07, 6.45) is 3.80. The third-order valence-electron chi connectivity index (χ3n) is 3.79. The number of benzene rings is 2. The second-order valence-corrected chi connectivity index (χ2v) is 5.71. The highest BCUT2D eigenvalue weighted by Crippen LogP contribution is 2.19. The summed E-state index contributed by atoms with van der Waals surface area (Å²) in [7, 11) is 3.19. The molecule has 0 fully saturated rings. The summed E-state index contributed by atoms with van der Waals surface area (Å²) in [4.78, 5) is 24.6. The molecule has 2 amide bonds. The van der Waals surface area contributed by atoms with E-state index in [0.29, 0.717) is 30.2 Å². The molecule has 6 heteroatoms. The van der Waals surface area contributed by atoms with Gasteiger partial charge in [-0.15, -0.1) is 0 Å². The molecule has 2 N–H and O–H groups in total. The minimum Gasteiger partial charge on any atom is -0.496 e. The van der Waals surface area contributed by atoms with Gasteiger partial charge in [0.25, 0.3) is 5.91 Å². The Labute approximate surface area is 159 Å². The van der Waals surface area contributed by atoms with Gasteiger partial charge in [0.2, 0.25) is 5.91 Å². The second-order valence-electron chi connectivity index (χ2n) is 5.71. The molecule has 0 unspecified atom stereocenters. The zero-order chi connectivity index (χ0) is 19.5. The first kappa shape index (κ1) is 20.2. The van der Waals surface area contributed by atoms with E-state index < -0.39 is 0 Å². The summed E-state index contributed by atoms with van der Waals surface area (Å²) in [5, 5.41) is 5.56. The van der Waals surface area contributed by atoms with E-state index in [1.165, 1.54) is 6.08 Å². The average molecular weight is 368 g/mol. The molecule has 0 atom stereocenters. The fourth-order valence-electron chi connectivity index (χ4n) is 2.45. The Bertz CT molecular complexity index is 802. The van der Waals surface area contributed by atoms with Crippen LogP contribution < -0.4 is 15.4 Å². The van der Waals surface area contributed by atoms with E-state index in [9.17, 15) is 9.59 Å². The van der Waals surface area contributed by atoms with Gasteiger partial charge in [-0.2, -0.15) is 0 Å². The number of para-hydroxylation sites is 2. The Hall–Kier alpha value is -3.12. The number of carbonyl (C=O) groups is 2. The first-order valence-electron chi connectivity index (χ1n) is 8.64. The van der Waals surface area contributed by atoms with E-state index >= 15 is 0 Å². The Morgan fingerprint density at radius 1 is 1.04 bits per heavy atom. The van der Waals surface area contributed by atoms with Gasteiger partial charge in [0.05, 0.1) is 18.4 Å². The van der Waals surface area contributed by atoms with Gasteiger partial charge in [-0.05, 0) is 30.7 Å². The smallest absolute Gasteiger partial charge is 0.253 e. The van der Waals surface area contributed by atoms with Gasteiger partial charge in [0.1, 0.15) is 5.75 Å². The third-order valence-corrected chi connectivity index (χ3v) is 3.79. The Morgan fingerprint density at radius 3 is 2.56 bits per heavy atom. The molecule has 0 radical (unpaired) electrons. The molecule has 2 aromatic rings. The van der Waals surface area contributed by atoms with Crippen LogP contribution in [0.5, 0.6) is 5.75 Å². The van der Waals surface area contributed by atoms with E-state index in [1.54, 1.807) is 44.6 Å². The number of hydrogen-bond donors (Lipinski definition) is 2. The highest BCUT2D eigenvalue weighted by Gasteiger charge is 2.11. The number of amides is 2. The van der Waals surface area contributed by atoms with Crippen LogP contribution in [0.1, 0.15) is 22.3 Å². The molecule has 2 aromatic carbocycles. The molecule has 0 aromatic heterocycles. The van der Waals surface area contributed by atoms with Gasteiger partial charge in [0, 0.05) is 31.9 Å². The predicted molar refractivity (Wildman–Crippen MR) is 106 cm³/mol. The van der Waals surface area contributed by atoms with Crippen LogP contribution in [-0.2, 0) is 9.53 Å². The molecule has 0 saturated heterocycles. The number of hydrogen-bond acceptors (Lipinski definition) is 4. The van der Waals surface area contributed by atoms with Gasteiger partial charge in [-0.25, -0.2) is 0 Å². The lowest BCUT2D eigenvalue weighted by Gasteiger charge is -2.10. The van der Waals surface area contributed by atoms with E-state index in [1.807, 2.05) is 24.3 Å². The molecule has 142 valence electrons. The summed E-state index contributed by atoms with van der Waals surface area (Å²) < 4.78 is 10.2. The number of carbonyl (C=O) groups excluding carboxylic acids is 2. The van der Waals surface area contributed by atoms with Gasteiger partial charge in [-0.1, -0.05) is 30.3 Å². The first-order valence-corrected chi connectivity index (χ1v) is 8.64. The zero-order valence-corrected chi connectivity index (χ0v) is 15.5. The van der Waals surface area contributed by atoms with Crippen LogP contribution in [0.3, 0.4) is 0 Å². The number of rotatable bonds is 9. The molecular weight excluding hydrogens is 344 g/mol. The maximum absolute atomic E-state index is 12.3. The SMILES string of the molecule is COCCCNC(=O)c1ccccc1NC(=O)/C=C/c1ccccc1OC. The van der Waals surface area contributed by atoms with Crippen molar-refractivity contribution in [3.8, 4) is 5.75 Å². The summed E-state index contributed by atoms with van der Waals surface area (Å²) >= 11 is 0. The van der Waals surface area contributed by atoms with Crippen molar-refractivity contribution in [2.45, 2.75) is 6.42 Å². The normalized spacial score (nSPS) is 10.6. The standard InChI is InChI=1S/C21H24N2O4/c1-26-15-7-14-22-21(25)17-9-4-5-10-18(17)23-20(24)13-12-16-8-3-6-11-19(16)27-2/h3-6,8-13H,7,14-15H2,1-2H3,(H,22,25)(H,23,24)/b13-12+. The molecule has 27 heavy (non-hydrogen) atoms. The van der Waals surface area contributed by atoms with Crippen LogP contribution >= 0.6 is 0 Å². The summed E-state index contributed by atoms with van der Waals surface area (Å²) in [6, 6.07) is 14.3. The van der Waals surface area contributed by atoms with Crippen LogP contribution in [-0.4, -0.2) is 39.2 Å². The van der Waals surface area contributed by atoms with Crippen molar-refractivity contribution in [1.82, 2.24) is 5.32 Å². The van der Waals surface area contributed by atoms with Gasteiger partial charge >= 0.3 is 0 Å². The van der Waals surface area contributed by atoms with Crippen molar-refractivity contribution in [2.24, 2.45) is 0 Å². The summed E-state index contributed by atoms with van der Waals surface area (Å²) in [5.74, 6) is 0.105. The number of nitrogens with one attached hydrogen (secondary N) is 2. The quantitative estimate of drug-likeness (QED) is 0.527. The van der Waals surface area contributed by atoms with Crippen LogP contribution in [0, 0.1) is 0 Å². The lowest BCUT2D eigenvalue weighted by Crippen LogP contribution is -2.26. The lowest BCUT2D eigenvalue weighted by molar-refractivity contribution is -0.111. The molecular formula is C21H24N2O4. The van der Waals surface area contributed by atoms with Crippen molar-refractivity contribution < 1.29 is 19.1 Å². The van der Waals surface area contributed by atoms with E-state index in [4.69, 9.17) is 9.47 Å². The topological polar surface area (TPSA) is 76.7 Å². The second kappa shape index (κ2) is 10.8. The number of anilines is 1. The molecule has 6 nitrogen and oxygen atoms in total. The number of methoxy groups -OCH3 is 2. The highest BCUT2D eigenvalue weighted by atomic mass is 16.5. The zero-order valence-electron chi connectivity index (χ0n) is 15.5. The molecule has 0 aliphatic heterocycles. The third kappa shape index (κ3) is 6.27. The fraction of sp³-hybridized carbons (Fsp3) is 0.238. The highest BCUT2D eigenvalue weighted by molar-refractivity contribution is 6.07. The molecule has 0 spiro atoms. The minimum absolute atomic E-state index is 0.240. The molecule has 0 aliphatic rings. The number of ether oxygens (including phenoxy) is 2. The Morgan fingerprint density at radius 2 is 1.78 bits per heavy atom. The van der Waals surface area contributed by atoms with Gasteiger partial charge < -0.3 is 20.1 Å². The van der Waals surface area contributed by atoms with Crippen LogP contribution in [0.15, 0.2) is 54.6 Å². The van der Waals surface area contributed by atoms with Crippen LogP contribution in [0.4, 0.5) is 5.69 Å². The molecule has 0 bridgehead atoms. The first-order chi connectivity index (χ1) is 13.2. The maximum atomic E-state index is 12.3. The summed E-state index contributed by atoms with van der Waals surface area (Å²) in [5.41, 5.74) is 1.66. The molecule has 0 saturated carbocycles. The lowest BCUT2D eigenvalue weighted by atomic mass is 10.1.